The van der Waals surface area contributed by atoms with E-state index in [0.29, 0.717) is 16.8 Å². The highest BCUT2D eigenvalue weighted by Crippen LogP contribution is 2.36. The van der Waals surface area contributed by atoms with Crippen LogP contribution in [0.15, 0.2) is 42.6 Å². The molecule has 0 amide bonds. The maximum Gasteiger partial charge on any atom is 0.137 e. The minimum absolute atomic E-state index is 0.0972. The fourth-order valence-corrected chi connectivity index (χ4v) is 5.45. The van der Waals surface area contributed by atoms with Crippen molar-refractivity contribution in [2.45, 2.75) is 26.7 Å². The molecule has 5 aromatic rings. The van der Waals surface area contributed by atoms with Crippen LogP contribution in [-0.4, -0.2) is 28.0 Å². The minimum Gasteiger partial charge on any atom is -0.357 e. The summed E-state index contributed by atoms with van der Waals surface area (Å²) in [5, 5.41) is 0.829. The maximum atomic E-state index is 14.1. The lowest BCUT2D eigenvalue weighted by Gasteiger charge is -2.17. The van der Waals surface area contributed by atoms with Crippen LogP contribution in [0.25, 0.3) is 33.1 Å². The van der Waals surface area contributed by atoms with Crippen molar-refractivity contribution in [1.82, 2.24) is 15.0 Å². The lowest BCUT2D eigenvalue weighted by Crippen LogP contribution is -2.18. The van der Waals surface area contributed by atoms with Crippen LogP contribution >= 0.6 is 34.8 Å². The molecule has 40 heavy (non-hydrogen) atoms. The summed E-state index contributed by atoms with van der Waals surface area (Å²) in [7, 11) is 0. The van der Waals surface area contributed by atoms with Gasteiger partial charge in [0.2, 0.25) is 0 Å². The Bertz CT molecular complexity index is 1780. The Kier molecular flexibility index (Phi) is 8.04. The largest absolute Gasteiger partial charge is 0.357 e. The molecule has 1 fully saturated rings. The van der Waals surface area contributed by atoms with Gasteiger partial charge in [-0.2, -0.15) is 0 Å². The lowest BCUT2D eigenvalue weighted by molar-refractivity contribution is 0.590. The monoisotopic (exact) mass is 606 g/mol. The highest BCUT2D eigenvalue weighted by atomic mass is 35.5. The average Bonchev–Trinajstić information content (AvgIpc) is 3.44. The van der Waals surface area contributed by atoms with Crippen LogP contribution < -0.4 is 4.90 Å². The second-order valence-corrected chi connectivity index (χ2v) is 10.5. The molecule has 3 aromatic heterocycles. The standard InChI is InChI=1S/C19H16ClF2N3.C10H5Cl2F2N/c1-11-18(20)17-14(22)9-13(21)10-15(17)24-19(11)12-4-5-23-16(8-12)25-6-2-3-7-25;1-4-9(11)8-6(14)2-5(13)3-7(8)15-10(4)12/h4-5,8-10H,2-3,6-7H2,1H3;2-3H,1H3. The first-order chi connectivity index (χ1) is 19.0. The van der Waals surface area contributed by atoms with Crippen LogP contribution in [0.4, 0.5) is 23.4 Å². The van der Waals surface area contributed by atoms with Gasteiger partial charge in [0.25, 0.3) is 0 Å². The van der Waals surface area contributed by atoms with Crippen molar-refractivity contribution in [3.05, 3.63) is 92.2 Å². The number of benzene rings is 2. The summed E-state index contributed by atoms with van der Waals surface area (Å²) in [6, 6.07) is 7.69. The van der Waals surface area contributed by atoms with E-state index in [9.17, 15) is 17.6 Å². The van der Waals surface area contributed by atoms with Crippen LogP contribution in [-0.2, 0) is 0 Å². The number of halogens is 7. The molecule has 2 aromatic carbocycles. The van der Waals surface area contributed by atoms with Gasteiger partial charge in [-0.05, 0) is 44.4 Å². The second kappa shape index (κ2) is 11.4. The van der Waals surface area contributed by atoms with Gasteiger partial charge in [0.05, 0.1) is 37.5 Å². The van der Waals surface area contributed by atoms with Crippen LogP contribution in [0.5, 0.6) is 0 Å². The number of hydrogen-bond donors (Lipinski definition) is 0. The first-order valence-electron chi connectivity index (χ1n) is 12.3. The van der Waals surface area contributed by atoms with Crippen LogP contribution in [0, 0.1) is 37.1 Å². The fraction of sp³-hybridized carbons (Fsp3) is 0.207. The number of hydrogen-bond acceptors (Lipinski definition) is 4. The van der Waals surface area contributed by atoms with Gasteiger partial charge in [-0.15, -0.1) is 0 Å². The molecule has 11 heteroatoms. The van der Waals surface area contributed by atoms with Crippen LogP contribution in [0.2, 0.25) is 15.2 Å². The molecule has 0 bridgehead atoms. The van der Waals surface area contributed by atoms with Crippen molar-refractivity contribution in [3.63, 3.8) is 0 Å². The first kappa shape index (κ1) is 28.3. The van der Waals surface area contributed by atoms with Crippen molar-refractivity contribution in [2.75, 3.05) is 18.0 Å². The van der Waals surface area contributed by atoms with Gasteiger partial charge in [0.1, 0.15) is 34.2 Å². The van der Waals surface area contributed by atoms with E-state index in [-0.39, 0.29) is 37.0 Å². The van der Waals surface area contributed by atoms with Gasteiger partial charge >= 0.3 is 0 Å². The predicted molar refractivity (Wildman–Crippen MR) is 152 cm³/mol. The topological polar surface area (TPSA) is 41.9 Å². The minimum atomic E-state index is -0.734. The van der Waals surface area contributed by atoms with E-state index in [4.69, 9.17) is 34.8 Å². The van der Waals surface area contributed by atoms with E-state index in [1.807, 2.05) is 12.1 Å². The summed E-state index contributed by atoms with van der Waals surface area (Å²) < 4.78 is 54.0. The molecule has 0 spiro atoms. The molecule has 0 radical (unpaired) electrons. The highest BCUT2D eigenvalue weighted by molar-refractivity contribution is 6.39. The Morgan fingerprint density at radius 1 is 0.725 bits per heavy atom. The Morgan fingerprint density at radius 2 is 1.27 bits per heavy atom. The number of rotatable bonds is 2. The summed E-state index contributed by atoms with van der Waals surface area (Å²) in [5.41, 5.74) is 2.93. The van der Waals surface area contributed by atoms with Crippen LogP contribution in [0.1, 0.15) is 24.0 Å². The second-order valence-electron chi connectivity index (χ2n) is 9.40. The molecule has 6 rings (SSSR count). The van der Waals surface area contributed by atoms with E-state index in [1.54, 1.807) is 20.0 Å². The molecule has 0 N–H and O–H groups in total. The highest BCUT2D eigenvalue weighted by Gasteiger charge is 2.19. The van der Waals surface area contributed by atoms with E-state index in [0.717, 1.165) is 55.5 Å². The number of nitrogens with zero attached hydrogens (tertiary/aromatic N) is 4. The zero-order chi connectivity index (χ0) is 28.7. The smallest absolute Gasteiger partial charge is 0.137 e. The zero-order valence-corrected chi connectivity index (χ0v) is 23.6. The van der Waals surface area contributed by atoms with Gasteiger partial charge in [0, 0.05) is 54.7 Å². The Morgan fingerprint density at radius 3 is 1.88 bits per heavy atom. The summed E-state index contributed by atoms with van der Waals surface area (Å²) in [6.07, 6.45) is 4.04. The van der Waals surface area contributed by atoms with E-state index >= 15 is 0 Å². The molecular formula is C29H21Cl3F4N4. The normalized spacial score (nSPS) is 13.2. The van der Waals surface area contributed by atoms with Crippen LogP contribution in [0.3, 0.4) is 0 Å². The third-order valence-corrected chi connectivity index (χ3v) is 8.04. The Hall–Kier alpha value is -3.20. The predicted octanol–water partition coefficient (Wildman–Crippen LogP) is 9.27. The first-order valence-corrected chi connectivity index (χ1v) is 13.4. The summed E-state index contributed by atoms with van der Waals surface area (Å²) in [6.45, 7) is 5.39. The average molecular weight is 608 g/mol. The SMILES string of the molecule is Cc1c(-c2ccnc(N3CCCC3)c2)nc2cc(F)cc(F)c2c1Cl.Cc1c(Cl)nc2cc(F)cc(F)c2c1Cl. The Balaban J connectivity index is 0.000000184. The van der Waals surface area contributed by atoms with Crippen molar-refractivity contribution in [2.24, 2.45) is 0 Å². The lowest BCUT2D eigenvalue weighted by atomic mass is 10.0. The summed E-state index contributed by atoms with van der Waals surface area (Å²) in [5.74, 6) is -1.92. The third kappa shape index (κ3) is 5.40. The molecule has 4 nitrogen and oxygen atoms in total. The van der Waals surface area contributed by atoms with Crippen molar-refractivity contribution in [3.8, 4) is 11.3 Å². The zero-order valence-electron chi connectivity index (χ0n) is 21.3. The summed E-state index contributed by atoms with van der Waals surface area (Å²) >= 11 is 18.0. The number of pyridine rings is 3. The van der Waals surface area contributed by atoms with Gasteiger partial charge in [0.15, 0.2) is 0 Å². The van der Waals surface area contributed by atoms with E-state index < -0.39 is 23.3 Å². The molecule has 0 aliphatic carbocycles. The third-order valence-electron chi connectivity index (χ3n) is 6.73. The molecule has 0 unspecified atom stereocenters. The van der Waals surface area contributed by atoms with Gasteiger partial charge in [-0.25, -0.2) is 32.5 Å². The van der Waals surface area contributed by atoms with Gasteiger partial charge in [-0.3, -0.25) is 0 Å². The van der Waals surface area contributed by atoms with Crippen molar-refractivity contribution >= 4 is 62.4 Å². The maximum absolute atomic E-state index is 14.1. The molecule has 1 saturated heterocycles. The Labute approximate surface area is 242 Å². The molecule has 206 valence electrons. The number of fused-ring (bicyclic) bond motifs is 2. The molecular weight excluding hydrogens is 587 g/mol. The van der Waals surface area contributed by atoms with Crippen molar-refractivity contribution < 1.29 is 17.6 Å². The number of anilines is 1. The molecule has 1 aliphatic rings. The van der Waals surface area contributed by atoms with Gasteiger partial charge < -0.3 is 4.90 Å². The molecule has 4 heterocycles. The van der Waals surface area contributed by atoms with E-state index in [1.165, 1.54) is 6.07 Å². The van der Waals surface area contributed by atoms with Gasteiger partial charge in [-0.1, -0.05) is 34.8 Å². The molecule has 1 aliphatic heterocycles. The summed E-state index contributed by atoms with van der Waals surface area (Å²) in [4.78, 5) is 15.0. The quantitative estimate of drug-likeness (QED) is 0.148. The van der Waals surface area contributed by atoms with E-state index in [2.05, 4.69) is 19.9 Å². The molecule has 0 atom stereocenters. The van der Waals surface area contributed by atoms with Crippen molar-refractivity contribution in [1.29, 1.82) is 0 Å². The fourth-order valence-electron chi connectivity index (χ4n) is 4.66. The number of aromatic nitrogens is 3. The molecule has 0 saturated carbocycles.